The van der Waals surface area contributed by atoms with Gasteiger partial charge in [-0.05, 0) is 72.0 Å². The van der Waals surface area contributed by atoms with E-state index in [-0.39, 0.29) is 5.82 Å². The van der Waals surface area contributed by atoms with Crippen molar-refractivity contribution < 1.29 is 14.2 Å². The summed E-state index contributed by atoms with van der Waals surface area (Å²) >= 11 is 2.20. The molecule has 2 aromatic carbocycles. The Balaban J connectivity index is 2.31. The molecule has 1 N–H and O–H groups in total. The number of rotatable bonds is 3. The van der Waals surface area contributed by atoms with E-state index in [0.29, 0.717) is 17.1 Å². The molecule has 0 aliphatic heterocycles. The maximum Gasteiger partial charge on any atom is 0.133 e. The highest BCUT2D eigenvalue weighted by Crippen LogP contribution is 2.30. The van der Waals surface area contributed by atoms with Crippen molar-refractivity contribution >= 4 is 22.6 Å². The summed E-state index contributed by atoms with van der Waals surface area (Å²) in [6.45, 7) is 1.58. The van der Waals surface area contributed by atoms with Crippen molar-refractivity contribution in [3.63, 3.8) is 0 Å². The zero-order valence-corrected chi connectivity index (χ0v) is 11.9. The number of benzene rings is 2. The van der Waals surface area contributed by atoms with E-state index in [1.807, 2.05) is 24.3 Å². The minimum atomic E-state index is -0.778. The van der Waals surface area contributed by atoms with Crippen molar-refractivity contribution in [2.45, 2.75) is 13.0 Å². The van der Waals surface area contributed by atoms with Crippen molar-refractivity contribution in [1.82, 2.24) is 0 Å². The molecular formula is C14H12FIO2. The highest BCUT2D eigenvalue weighted by Gasteiger charge is 2.11. The second-order valence-corrected chi connectivity index (χ2v) is 5.16. The smallest absolute Gasteiger partial charge is 0.133 e. The monoisotopic (exact) mass is 358 g/mol. The normalized spacial score (nSPS) is 12.2. The number of aliphatic hydroxyl groups excluding tert-OH is 1. The predicted octanol–water partition coefficient (Wildman–Crippen LogP) is 4.28. The van der Waals surface area contributed by atoms with Crippen molar-refractivity contribution in [3.8, 4) is 11.5 Å². The standard InChI is InChI=1S/C14H12FIO2/c1-9(17)13-8-10(15)2-7-14(13)18-12-5-3-11(16)4-6-12/h2-9,17H,1H3. The molecular weight excluding hydrogens is 346 g/mol. The Morgan fingerprint density at radius 1 is 1.17 bits per heavy atom. The maximum atomic E-state index is 13.1. The molecule has 4 heteroatoms. The maximum absolute atomic E-state index is 13.1. The summed E-state index contributed by atoms with van der Waals surface area (Å²) in [5, 5.41) is 9.60. The minimum absolute atomic E-state index is 0.388. The van der Waals surface area contributed by atoms with Crippen LogP contribution in [0.3, 0.4) is 0 Å². The van der Waals surface area contributed by atoms with Crippen LogP contribution in [0, 0.1) is 9.39 Å². The van der Waals surface area contributed by atoms with E-state index in [2.05, 4.69) is 22.6 Å². The molecule has 0 radical (unpaired) electrons. The molecule has 94 valence electrons. The van der Waals surface area contributed by atoms with Crippen LogP contribution in [-0.2, 0) is 0 Å². The van der Waals surface area contributed by atoms with Crippen LogP contribution in [0.25, 0.3) is 0 Å². The molecule has 0 fully saturated rings. The summed E-state index contributed by atoms with van der Waals surface area (Å²) in [4.78, 5) is 0. The van der Waals surface area contributed by atoms with Gasteiger partial charge in [-0.3, -0.25) is 0 Å². The quantitative estimate of drug-likeness (QED) is 0.831. The van der Waals surface area contributed by atoms with Gasteiger partial charge in [0.1, 0.15) is 17.3 Å². The van der Waals surface area contributed by atoms with Crippen LogP contribution in [0.1, 0.15) is 18.6 Å². The molecule has 2 nitrogen and oxygen atoms in total. The highest BCUT2D eigenvalue weighted by atomic mass is 127. The molecule has 0 aromatic heterocycles. The lowest BCUT2D eigenvalue weighted by Gasteiger charge is -2.13. The molecule has 0 aliphatic carbocycles. The lowest BCUT2D eigenvalue weighted by molar-refractivity contribution is 0.195. The average molecular weight is 358 g/mol. The molecule has 2 rings (SSSR count). The van der Waals surface area contributed by atoms with E-state index in [1.54, 1.807) is 6.92 Å². The Hall–Kier alpha value is -1.14. The fraction of sp³-hybridized carbons (Fsp3) is 0.143. The topological polar surface area (TPSA) is 29.5 Å². The second kappa shape index (κ2) is 5.67. The number of halogens is 2. The SMILES string of the molecule is CC(O)c1cc(F)ccc1Oc1ccc(I)cc1. The largest absolute Gasteiger partial charge is 0.457 e. The van der Waals surface area contributed by atoms with E-state index in [4.69, 9.17) is 4.74 Å². The Morgan fingerprint density at radius 2 is 1.83 bits per heavy atom. The van der Waals surface area contributed by atoms with Crippen LogP contribution in [0.4, 0.5) is 4.39 Å². The van der Waals surface area contributed by atoms with Crippen LogP contribution in [0.2, 0.25) is 0 Å². The van der Waals surface area contributed by atoms with Gasteiger partial charge in [0.25, 0.3) is 0 Å². The Labute approximate surface area is 119 Å². The summed E-state index contributed by atoms with van der Waals surface area (Å²) in [5.41, 5.74) is 0.438. The summed E-state index contributed by atoms with van der Waals surface area (Å²) in [6, 6.07) is 11.6. The van der Waals surface area contributed by atoms with Crippen LogP contribution in [0.15, 0.2) is 42.5 Å². The van der Waals surface area contributed by atoms with Gasteiger partial charge in [0.2, 0.25) is 0 Å². The molecule has 0 aliphatic rings. The predicted molar refractivity (Wildman–Crippen MR) is 76.3 cm³/mol. The average Bonchev–Trinajstić information content (AvgIpc) is 2.34. The van der Waals surface area contributed by atoms with Gasteiger partial charge in [0.05, 0.1) is 6.10 Å². The summed E-state index contributed by atoms with van der Waals surface area (Å²) < 4.78 is 19.9. The van der Waals surface area contributed by atoms with Gasteiger partial charge < -0.3 is 9.84 Å². The number of ether oxygens (including phenoxy) is 1. The zero-order valence-electron chi connectivity index (χ0n) is 9.73. The van der Waals surface area contributed by atoms with E-state index in [1.165, 1.54) is 18.2 Å². The molecule has 0 saturated heterocycles. The first kappa shape index (κ1) is 13.3. The van der Waals surface area contributed by atoms with E-state index >= 15 is 0 Å². The van der Waals surface area contributed by atoms with E-state index in [9.17, 15) is 9.50 Å². The fourth-order valence-corrected chi connectivity index (χ4v) is 1.93. The molecule has 0 bridgehead atoms. The van der Waals surface area contributed by atoms with Gasteiger partial charge in [0, 0.05) is 9.13 Å². The Morgan fingerprint density at radius 3 is 2.44 bits per heavy atom. The Bertz CT molecular complexity index is 538. The highest BCUT2D eigenvalue weighted by molar-refractivity contribution is 14.1. The Kier molecular flexibility index (Phi) is 4.19. The first-order valence-corrected chi connectivity index (χ1v) is 6.55. The van der Waals surface area contributed by atoms with Crippen LogP contribution in [0.5, 0.6) is 11.5 Å². The van der Waals surface area contributed by atoms with Crippen molar-refractivity contribution in [3.05, 3.63) is 57.4 Å². The third kappa shape index (κ3) is 3.20. The molecule has 0 spiro atoms. The molecule has 2 aromatic rings. The van der Waals surface area contributed by atoms with Gasteiger partial charge >= 0.3 is 0 Å². The molecule has 0 heterocycles. The first-order valence-electron chi connectivity index (χ1n) is 5.47. The van der Waals surface area contributed by atoms with Gasteiger partial charge in [0.15, 0.2) is 0 Å². The van der Waals surface area contributed by atoms with Gasteiger partial charge in [-0.1, -0.05) is 0 Å². The third-order valence-electron chi connectivity index (χ3n) is 2.46. The van der Waals surface area contributed by atoms with Gasteiger partial charge in [-0.2, -0.15) is 0 Å². The molecule has 18 heavy (non-hydrogen) atoms. The molecule has 0 saturated carbocycles. The molecule has 1 unspecified atom stereocenters. The summed E-state index contributed by atoms with van der Waals surface area (Å²) in [5.74, 6) is 0.734. The molecule has 1 atom stereocenters. The van der Waals surface area contributed by atoms with Crippen LogP contribution < -0.4 is 4.74 Å². The lowest BCUT2D eigenvalue weighted by atomic mass is 10.1. The van der Waals surface area contributed by atoms with Crippen molar-refractivity contribution in [2.75, 3.05) is 0 Å². The summed E-state index contributed by atoms with van der Waals surface area (Å²) in [6.07, 6.45) is -0.778. The van der Waals surface area contributed by atoms with Crippen molar-refractivity contribution in [2.24, 2.45) is 0 Å². The van der Waals surface area contributed by atoms with Gasteiger partial charge in [-0.25, -0.2) is 4.39 Å². The summed E-state index contributed by atoms with van der Waals surface area (Å²) in [7, 11) is 0. The number of hydrogen-bond acceptors (Lipinski definition) is 2. The van der Waals surface area contributed by atoms with E-state index in [0.717, 1.165) is 3.57 Å². The van der Waals surface area contributed by atoms with Gasteiger partial charge in [-0.15, -0.1) is 0 Å². The lowest BCUT2D eigenvalue weighted by Crippen LogP contribution is -1.97. The van der Waals surface area contributed by atoms with Crippen LogP contribution in [-0.4, -0.2) is 5.11 Å². The number of aliphatic hydroxyl groups is 1. The zero-order chi connectivity index (χ0) is 13.1. The van der Waals surface area contributed by atoms with Crippen LogP contribution >= 0.6 is 22.6 Å². The first-order chi connectivity index (χ1) is 8.56. The van der Waals surface area contributed by atoms with Crippen molar-refractivity contribution in [1.29, 1.82) is 0 Å². The third-order valence-corrected chi connectivity index (χ3v) is 3.18. The number of hydrogen-bond donors (Lipinski definition) is 1. The second-order valence-electron chi connectivity index (χ2n) is 3.91. The van der Waals surface area contributed by atoms with E-state index < -0.39 is 6.10 Å². The molecule has 0 amide bonds. The fourth-order valence-electron chi connectivity index (χ4n) is 1.57. The minimum Gasteiger partial charge on any atom is -0.457 e.